The van der Waals surface area contributed by atoms with Crippen LogP contribution in [-0.2, 0) is 24.0 Å². The topological polar surface area (TPSA) is 220 Å². The Morgan fingerprint density at radius 1 is 0.906 bits per heavy atom. The lowest BCUT2D eigenvalue weighted by atomic mass is 10.0. The minimum Gasteiger partial charge on any atom is -0.480 e. The lowest BCUT2D eigenvalue weighted by Crippen LogP contribution is -2.57. The average Bonchev–Trinajstić information content (AvgIpc) is 2.69. The van der Waals surface area contributed by atoms with Gasteiger partial charge in [-0.3, -0.25) is 19.2 Å². The van der Waals surface area contributed by atoms with Gasteiger partial charge in [0.25, 0.3) is 0 Å². The standard InChI is InChI=1S/C19H36N6O6S/c1-10(2)7-13(24-16(27)11(21)8-15(22)26)18(29)23-12(5-3-4-6-20)17(28)25-14(9-32)19(30)31/h10-14,32H,3-9,20-21H2,1-2H3,(H2,22,26)(H,23,29)(H,24,27)(H,25,28)(H,30,31). The maximum absolute atomic E-state index is 12.9. The number of aliphatic carboxylic acids is 1. The number of carbonyl (C=O) groups excluding carboxylic acids is 4. The Labute approximate surface area is 193 Å². The van der Waals surface area contributed by atoms with Crippen LogP contribution >= 0.6 is 12.6 Å². The third-order valence-electron chi connectivity index (χ3n) is 4.48. The molecule has 0 aliphatic carbocycles. The summed E-state index contributed by atoms with van der Waals surface area (Å²) in [4.78, 5) is 60.0. The molecule has 0 rings (SSSR count). The first-order valence-corrected chi connectivity index (χ1v) is 11.0. The number of amides is 4. The Morgan fingerprint density at radius 2 is 1.44 bits per heavy atom. The van der Waals surface area contributed by atoms with Crippen molar-refractivity contribution < 1.29 is 29.1 Å². The maximum Gasteiger partial charge on any atom is 0.327 e. The van der Waals surface area contributed by atoms with E-state index in [1.54, 1.807) is 0 Å². The summed E-state index contributed by atoms with van der Waals surface area (Å²) in [5, 5.41) is 16.6. The monoisotopic (exact) mass is 476 g/mol. The van der Waals surface area contributed by atoms with Gasteiger partial charge in [-0.05, 0) is 38.1 Å². The van der Waals surface area contributed by atoms with Crippen molar-refractivity contribution in [1.29, 1.82) is 0 Å². The van der Waals surface area contributed by atoms with E-state index >= 15 is 0 Å². The fraction of sp³-hybridized carbons (Fsp3) is 0.737. The minimum absolute atomic E-state index is 0.00325. The molecule has 0 fully saturated rings. The van der Waals surface area contributed by atoms with E-state index in [2.05, 4.69) is 28.6 Å². The fourth-order valence-corrected chi connectivity index (χ4v) is 3.03. The molecule has 0 spiro atoms. The summed E-state index contributed by atoms with van der Waals surface area (Å²) in [5.41, 5.74) is 16.2. The molecule has 0 radical (unpaired) electrons. The Morgan fingerprint density at radius 3 is 1.91 bits per heavy atom. The van der Waals surface area contributed by atoms with Gasteiger partial charge in [-0.2, -0.15) is 12.6 Å². The van der Waals surface area contributed by atoms with Crippen LogP contribution in [0.15, 0.2) is 0 Å². The van der Waals surface area contributed by atoms with Crippen molar-refractivity contribution in [2.24, 2.45) is 23.1 Å². The van der Waals surface area contributed by atoms with Crippen molar-refractivity contribution in [3.05, 3.63) is 0 Å². The summed E-state index contributed by atoms with van der Waals surface area (Å²) < 4.78 is 0. The van der Waals surface area contributed by atoms with Gasteiger partial charge in [-0.15, -0.1) is 0 Å². The number of carboxylic acid groups (broad SMARTS) is 1. The van der Waals surface area contributed by atoms with Crippen LogP contribution in [0.2, 0.25) is 0 Å². The normalized spacial score (nSPS) is 14.7. The molecule has 0 aromatic rings. The van der Waals surface area contributed by atoms with Gasteiger partial charge in [-0.25, -0.2) is 4.79 Å². The molecule has 0 aromatic heterocycles. The van der Waals surface area contributed by atoms with E-state index in [0.29, 0.717) is 19.4 Å². The molecule has 13 heteroatoms. The smallest absolute Gasteiger partial charge is 0.327 e. The first kappa shape index (κ1) is 29.6. The molecular weight excluding hydrogens is 440 g/mol. The molecular formula is C19H36N6O6S. The van der Waals surface area contributed by atoms with Crippen LogP contribution in [0.4, 0.5) is 0 Å². The van der Waals surface area contributed by atoms with Gasteiger partial charge in [0.2, 0.25) is 23.6 Å². The number of primary amides is 1. The van der Waals surface area contributed by atoms with E-state index in [0.717, 1.165) is 0 Å². The predicted molar refractivity (Wildman–Crippen MR) is 121 cm³/mol. The highest BCUT2D eigenvalue weighted by atomic mass is 32.1. The van der Waals surface area contributed by atoms with E-state index in [-0.39, 0.29) is 30.9 Å². The molecule has 0 heterocycles. The third kappa shape index (κ3) is 11.9. The van der Waals surface area contributed by atoms with Crippen LogP contribution in [0.3, 0.4) is 0 Å². The Kier molecular flexibility index (Phi) is 14.3. The Bertz CT molecular complexity index is 662. The number of hydrogen-bond acceptors (Lipinski definition) is 8. The molecule has 0 saturated heterocycles. The first-order valence-electron chi connectivity index (χ1n) is 10.4. The quantitative estimate of drug-likeness (QED) is 0.0902. The van der Waals surface area contributed by atoms with E-state index in [4.69, 9.17) is 22.3 Å². The Hall–Kier alpha value is -2.38. The number of nitrogens with one attached hydrogen (secondary N) is 3. The van der Waals surface area contributed by atoms with Crippen LogP contribution < -0.4 is 33.2 Å². The van der Waals surface area contributed by atoms with Crippen LogP contribution in [0, 0.1) is 5.92 Å². The molecule has 4 amide bonds. The third-order valence-corrected chi connectivity index (χ3v) is 4.84. The van der Waals surface area contributed by atoms with Crippen molar-refractivity contribution in [3.63, 3.8) is 0 Å². The molecule has 0 aliphatic rings. The molecule has 4 atom stereocenters. The Balaban J connectivity index is 5.42. The highest BCUT2D eigenvalue weighted by Crippen LogP contribution is 2.08. The molecule has 0 bridgehead atoms. The van der Waals surface area contributed by atoms with Crippen molar-refractivity contribution in [1.82, 2.24) is 16.0 Å². The molecule has 32 heavy (non-hydrogen) atoms. The van der Waals surface area contributed by atoms with E-state index in [9.17, 15) is 24.0 Å². The van der Waals surface area contributed by atoms with Crippen LogP contribution in [0.1, 0.15) is 46.0 Å². The fourth-order valence-electron chi connectivity index (χ4n) is 2.78. The summed E-state index contributed by atoms with van der Waals surface area (Å²) in [6.07, 6.45) is 1.19. The number of hydrogen-bond donors (Lipinski definition) is 8. The molecule has 0 aromatic carbocycles. The van der Waals surface area contributed by atoms with Crippen LogP contribution in [0.5, 0.6) is 0 Å². The number of carboxylic acids is 1. The van der Waals surface area contributed by atoms with Crippen LogP contribution in [0.25, 0.3) is 0 Å². The number of unbranched alkanes of at least 4 members (excludes halogenated alkanes) is 1. The van der Waals surface area contributed by atoms with E-state index in [1.165, 1.54) is 0 Å². The number of thiol groups is 1. The lowest BCUT2D eigenvalue weighted by molar-refractivity contribution is -0.141. The van der Waals surface area contributed by atoms with Gasteiger partial charge < -0.3 is 38.3 Å². The summed E-state index contributed by atoms with van der Waals surface area (Å²) in [6, 6.07) is -4.50. The molecule has 0 saturated carbocycles. The predicted octanol–water partition coefficient (Wildman–Crippen LogP) is -2.17. The van der Waals surface area contributed by atoms with Crippen molar-refractivity contribution >= 4 is 42.2 Å². The maximum atomic E-state index is 12.9. The van der Waals surface area contributed by atoms with Gasteiger partial charge in [0.15, 0.2) is 0 Å². The SMILES string of the molecule is CC(C)CC(NC(=O)C(N)CC(N)=O)C(=O)NC(CCCCN)C(=O)NC(CS)C(=O)O. The zero-order chi connectivity index (χ0) is 24.8. The number of nitrogens with two attached hydrogens (primary N) is 3. The average molecular weight is 477 g/mol. The summed E-state index contributed by atoms with van der Waals surface area (Å²) in [6.45, 7) is 4.07. The van der Waals surface area contributed by atoms with Crippen molar-refractivity contribution in [2.75, 3.05) is 12.3 Å². The molecule has 10 N–H and O–H groups in total. The molecule has 184 valence electrons. The zero-order valence-corrected chi connectivity index (χ0v) is 19.4. The minimum atomic E-state index is -1.26. The van der Waals surface area contributed by atoms with E-state index in [1.807, 2.05) is 13.8 Å². The number of carbonyl (C=O) groups is 5. The van der Waals surface area contributed by atoms with Gasteiger partial charge in [0.1, 0.15) is 18.1 Å². The number of rotatable bonds is 16. The second-order valence-corrected chi connectivity index (χ2v) is 8.26. The van der Waals surface area contributed by atoms with Gasteiger partial charge in [0, 0.05) is 5.75 Å². The molecule has 0 aliphatic heterocycles. The molecule has 4 unspecified atom stereocenters. The largest absolute Gasteiger partial charge is 0.480 e. The van der Waals surface area contributed by atoms with Gasteiger partial charge in [-0.1, -0.05) is 13.8 Å². The highest BCUT2D eigenvalue weighted by molar-refractivity contribution is 7.80. The summed E-state index contributed by atoms with van der Waals surface area (Å²) in [7, 11) is 0. The van der Waals surface area contributed by atoms with E-state index < -0.39 is 53.8 Å². The second kappa shape index (κ2) is 15.4. The summed E-state index contributed by atoms with van der Waals surface area (Å²) in [5.74, 6) is -4.19. The zero-order valence-electron chi connectivity index (χ0n) is 18.5. The van der Waals surface area contributed by atoms with Crippen molar-refractivity contribution in [2.45, 2.75) is 70.1 Å². The lowest BCUT2D eigenvalue weighted by Gasteiger charge is -2.25. The first-order chi connectivity index (χ1) is 14.9. The van der Waals surface area contributed by atoms with Crippen molar-refractivity contribution in [3.8, 4) is 0 Å². The van der Waals surface area contributed by atoms with Crippen LogP contribution in [-0.4, -0.2) is 71.2 Å². The second-order valence-electron chi connectivity index (χ2n) is 7.90. The van der Waals surface area contributed by atoms with Gasteiger partial charge >= 0.3 is 5.97 Å². The molecule has 12 nitrogen and oxygen atoms in total. The summed E-state index contributed by atoms with van der Waals surface area (Å²) >= 11 is 3.91. The van der Waals surface area contributed by atoms with Gasteiger partial charge in [0.05, 0.1) is 12.5 Å². The highest BCUT2D eigenvalue weighted by Gasteiger charge is 2.30.